The molecule has 1 aromatic carbocycles. The van der Waals surface area contributed by atoms with E-state index in [1.165, 1.54) is 12.1 Å². The number of hydrogen-bond acceptors (Lipinski definition) is 2. The Morgan fingerprint density at radius 3 is 2.29 bits per heavy atom. The highest BCUT2D eigenvalue weighted by Crippen LogP contribution is 2.12. The third-order valence-corrected chi connectivity index (χ3v) is 3.14. The molecule has 0 saturated heterocycles. The van der Waals surface area contributed by atoms with Gasteiger partial charge in [-0.1, -0.05) is 26.0 Å². The molecule has 17 heavy (non-hydrogen) atoms. The fourth-order valence-electron chi connectivity index (χ4n) is 1.85. The first kappa shape index (κ1) is 14.1. The van der Waals surface area contributed by atoms with Crippen LogP contribution in [0.15, 0.2) is 24.3 Å². The Labute approximate surface area is 104 Å². The second kappa shape index (κ2) is 7.41. The lowest BCUT2D eigenvalue weighted by atomic mass is 10.1. The molecule has 0 heterocycles. The van der Waals surface area contributed by atoms with Gasteiger partial charge in [0.15, 0.2) is 0 Å². The van der Waals surface area contributed by atoms with Crippen LogP contribution in [0.3, 0.4) is 0 Å². The highest BCUT2D eigenvalue weighted by molar-refractivity contribution is 5.19. The van der Waals surface area contributed by atoms with Gasteiger partial charge in [-0.3, -0.25) is 0 Å². The molecule has 0 fully saturated rings. The largest absolute Gasteiger partial charge is 0.309 e. The molecular formula is C14H23FN2. The minimum atomic E-state index is -0.177. The van der Waals surface area contributed by atoms with Gasteiger partial charge in [-0.15, -0.1) is 0 Å². The van der Waals surface area contributed by atoms with Crippen molar-refractivity contribution in [3.05, 3.63) is 35.6 Å². The van der Waals surface area contributed by atoms with E-state index in [4.69, 9.17) is 0 Å². The predicted octanol–water partition coefficient (Wildman–Crippen LogP) is 2.82. The third-order valence-electron chi connectivity index (χ3n) is 3.14. The molecule has 0 aliphatic rings. The smallest absolute Gasteiger partial charge is 0.123 e. The van der Waals surface area contributed by atoms with Crippen molar-refractivity contribution in [1.29, 1.82) is 0 Å². The van der Waals surface area contributed by atoms with Crippen LogP contribution < -0.4 is 5.32 Å². The third kappa shape index (κ3) is 4.84. The summed E-state index contributed by atoms with van der Waals surface area (Å²) < 4.78 is 12.8. The normalized spacial score (nSPS) is 13.0. The summed E-state index contributed by atoms with van der Waals surface area (Å²) in [6.45, 7) is 10.6. The minimum Gasteiger partial charge on any atom is -0.309 e. The average Bonchev–Trinajstić information content (AvgIpc) is 2.35. The zero-order valence-electron chi connectivity index (χ0n) is 11.0. The maximum atomic E-state index is 12.8. The first-order valence-corrected chi connectivity index (χ1v) is 6.38. The van der Waals surface area contributed by atoms with Crippen molar-refractivity contribution in [3.63, 3.8) is 0 Å². The quantitative estimate of drug-likeness (QED) is 0.786. The number of halogens is 1. The van der Waals surface area contributed by atoms with Crippen LogP contribution in [-0.4, -0.2) is 31.1 Å². The second-order valence-corrected chi connectivity index (χ2v) is 4.25. The van der Waals surface area contributed by atoms with Gasteiger partial charge in [-0.2, -0.15) is 0 Å². The summed E-state index contributed by atoms with van der Waals surface area (Å²) in [7, 11) is 0. The summed E-state index contributed by atoms with van der Waals surface area (Å²) in [4.78, 5) is 2.38. The van der Waals surface area contributed by atoms with Gasteiger partial charge in [-0.05, 0) is 37.7 Å². The molecule has 0 saturated carbocycles. The maximum absolute atomic E-state index is 12.8. The first-order chi connectivity index (χ1) is 8.17. The number of nitrogens with zero attached hydrogens (tertiary/aromatic N) is 1. The molecule has 2 nitrogen and oxygen atoms in total. The summed E-state index contributed by atoms with van der Waals surface area (Å²) >= 11 is 0. The van der Waals surface area contributed by atoms with Crippen molar-refractivity contribution in [3.8, 4) is 0 Å². The molecule has 1 aromatic rings. The molecule has 0 amide bonds. The molecule has 1 atom stereocenters. The van der Waals surface area contributed by atoms with Crippen molar-refractivity contribution >= 4 is 0 Å². The van der Waals surface area contributed by atoms with Crippen LogP contribution in [0.25, 0.3) is 0 Å². The summed E-state index contributed by atoms with van der Waals surface area (Å²) in [5.41, 5.74) is 1.13. The lowest BCUT2D eigenvalue weighted by Gasteiger charge is -2.20. The van der Waals surface area contributed by atoms with E-state index < -0.39 is 0 Å². The lowest BCUT2D eigenvalue weighted by Crippen LogP contribution is -2.33. The molecule has 0 radical (unpaired) electrons. The van der Waals surface area contributed by atoms with Gasteiger partial charge in [-0.25, -0.2) is 4.39 Å². The van der Waals surface area contributed by atoms with Gasteiger partial charge in [0.25, 0.3) is 0 Å². The van der Waals surface area contributed by atoms with Crippen LogP contribution in [0.4, 0.5) is 4.39 Å². The van der Waals surface area contributed by atoms with Crippen molar-refractivity contribution in [2.24, 2.45) is 0 Å². The Bertz CT molecular complexity index is 307. The van der Waals surface area contributed by atoms with Crippen LogP contribution in [-0.2, 0) is 0 Å². The van der Waals surface area contributed by atoms with Crippen LogP contribution in [0.1, 0.15) is 32.4 Å². The molecule has 0 spiro atoms. The number of hydrogen-bond donors (Lipinski definition) is 1. The van der Waals surface area contributed by atoms with Gasteiger partial charge >= 0.3 is 0 Å². The zero-order chi connectivity index (χ0) is 12.7. The molecule has 0 aromatic heterocycles. The van der Waals surface area contributed by atoms with Gasteiger partial charge in [0.1, 0.15) is 5.82 Å². The topological polar surface area (TPSA) is 15.3 Å². The van der Waals surface area contributed by atoms with E-state index in [2.05, 4.69) is 31.0 Å². The van der Waals surface area contributed by atoms with E-state index in [-0.39, 0.29) is 11.9 Å². The molecule has 1 rings (SSSR count). The predicted molar refractivity (Wildman–Crippen MR) is 70.6 cm³/mol. The van der Waals surface area contributed by atoms with E-state index in [1.807, 2.05) is 12.1 Å². The first-order valence-electron chi connectivity index (χ1n) is 6.38. The van der Waals surface area contributed by atoms with E-state index in [1.54, 1.807) is 0 Å². The maximum Gasteiger partial charge on any atom is 0.123 e. The van der Waals surface area contributed by atoms with E-state index in [0.29, 0.717) is 0 Å². The van der Waals surface area contributed by atoms with Gasteiger partial charge < -0.3 is 10.2 Å². The van der Waals surface area contributed by atoms with Crippen LogP contribution >= 0.6 is 0 Å². The second-order valence-electron chi connectivity index (χ2n) is 4.25. The standard InChI is InChI=1S/C14H23FN2/c1-4-17(5-2)11-10-16-12(3)13-6-8-14(15)9-7-13/h6-9,12,16H,4-5,10-11H2,1-3H3/t12-/m0/s1. The van der Waals surface area contributed by atoms with Crippen LogP contribution in [0.2, 0.25) is 0 Å². The molecule has 0 bridgehead atoms. The van der Waals surface area contributed by atoms with Gasteiger partial charge in [0.05, 0.1) is 0 Å². The summed E-state index contributed by atoms with van der Waals surface area (Å²) in [6, 6.07) is 6.97. The summed E-state index contributed by atoms with van der Waals surface area (Å²) in [5, 5.41) is 3.45. The number of benzene rings is 1. The van der Waals surface area contributed by atoms with E-state index >= 15 is 0 Å². The zero-order valence-corrected chi connectivity index (χ0v) is 11.0. The van der Waals surface area contributed by atoms with E-state index in [0.717, 1.165) is 31.7 Å². The molecule has 3 heteroatoms. The van der Waals surface area contributed by atoms with Crippen molar-refractivity contribution in [1.82, 2.24) is 10.2 Å². The Balaban J connectivity index is 2.34. The number of rotatable bonds is 7. The SMILES string of the molecule is CCN(CC)CCN[C@@H](C)c1ccc(F)cc1. The Morgan fingerprint density at radius 1 is 1.18 bits per heavy atom. The average molecular weight is 238 g/mol. The Hall–Kier alpha value is -0.930. The van der Waals surface area contributed by atoms with Crippen molar-refractivity contribution in [2.45, 2.75) is 26.8 Å². The van der Waals surface area contributed by atoms with E-state index in [9.17, 15) is 4.39 Å². The van der Waals surface area contributed by atoms with Crippen LogP contribution in [0.5, 0.6) is 0 Å². The molecule has 1 N–H and O–H groups in total. The fourth-order valence-corrected chi connectivity index (χ4v) is 1.85. The monoisotopic (exact) mass is 238 g/mol. The molecular weight excluding hydrogens is 215 g/mol. The fraction of sp³-hybridized carbons (Fsp3) is 0.571. The molecule has 0 unspecified atom stereocenters. The molecule has 0 aliphatic heterocycles. The van der Waals surface area contributed by atoms with Gasteiger partial charge in [0.2, 0.25) is 0 Å². The summed E-state index contributed by atoms with van der Waals surface area (Å²) in [5.74, 6) is -0.177. The number of nitrogens with one attached hydrogen (secondary N) is 1. The minimum absolute atomic E-state index is 0.177. The number of likely N-dealkylation sites (N-methyl/N-ethyl adjacent to an activating group) is 1. The highest BCUT2D eigenvalue weighted by atomic mass is 19.1. The Morgan fingerprint density at radius 2 is 1.76 bits per heavy atom. The highest BCUT2D eigenvalue weighted by Gasteiger charge is 2.05. The summed E-state index contributed by atoms with van der Waals surface area (Å²) in [6.07, 6.45) is 0. The Kier molecular flexibility index (Phi) is 6.16. The van der Waals surface area contributed by atoms with Crippen molar-refractivity contribution in [2.75, 3.05) is 26.2 Å². The van der Waals surface area contributed by atoms with Gasteiger partial charge in [0, 0.05) is 19.1 Å². The van der Waals surface area contributed by atoms with Crippen LogP contribution in [0, 0.1) is 5.82 Å². The molecule has 96 valence electrons. The molecule has 0 aliphatic carbocycles. The van der Waals surface area contributed by atoms with Crippen molar-refractivity contribution < 1.29 is 4.39 Å². The lowest BCUT2D eigenvalue weighted by molar-refractivity contribution is 0.298.